The Labute approximate surface area is 106 Å². The Balaban J connectivity index is 2.38. The van der Waals surface area contributed by atoms with Crippen molar-refractivity contribution in [1.82, 2.24) is 5.32 Å². The molecule has 96 valence electrons. The number of benzene rings is 1. The maximum atomic E-state index is 11.2. The lowest BCUT2D eigenvalue weighted by Crippen LogP contribution is -2.21. The van der Waals surface area contributed by atoms with Crippen LogP contribution in [0.4, 0.5) is 0 Å². The van der Waals surface area contributed by atoms with Crippen LogP contribution in [0.2, 0.25) is 0 Å². The Bertz CT molecular complexity index is 355. The number of hydrogen-bond acceptors (Lipinski definition) is 3. The van der Waals surface area contributed by atoms with Crippen LogP contribution in [0.3, 0.4) is 0 Å². The molecule has 17 heavy (non-hydrogen) atoms. The van der Waals surface area contributed by atoms with Gasteiger partial charge in [0.1, 0.15) is 5.75 Å². The molecule has 1 N–H and O–H groups in total. The smallest absolute Gasteiger partial charge is 0.123 e. The minimum absolute atomic E-state index is 0.677. The predicted octanol–water partition coefficient (Wildman–Crippen LogP) is 1.94. The Hall–Kier alpha value is -0.870. The molecular weight excluding hydrogens is 234 g/mol. The summed E-state index contributed by atoms with van der Waals surface area (Å²) in [5.74, 6) is 2.38. The van der Waals surface area contributed by atoms with Gasteiger partial charge in [-0.25, -0.2) is 0 Å². The maximum Gasteiger partial charge on any atom is 0.123 e. The largest absolute Gasteiger partial charge is 0.494 e. The first kappa shape index (κ1) is 14.2. The molecule has 0 saturated heterocycles. The van der Waals surface area contributed by atoms with Crippen LogP contribution < -0.4 is 10.1 Å². The quantitative estimate of drug-likeness (QED) is 0.722. The van der Waals surface area contributed by atoms with Crippen molar-refractivity contribution in [3.05, 3.63) is 29.8 Å². The van der Waals surface area contributed by atoms with Crippen molar-refractivity contribution in [3.63, 3.8) is 0 Å². The SMILES string of the molecule is CCOc1ccccc1CNCCS(=O)CC. The number of ether oxygens (including phenoxy) is 1. The molecule has 0 aliphatic heterocycles. The normalized spacial score (nSPS) is 12.4. The lowest BCUT2D eigenvalue weighted by molar-refractivity contribution is 0.335. The third-order valence-corrected chi connectivity index (χ3v) is 3.72. The van der Waals surface area contributed by atoms with E-state index < -0.39 is 10.8 Å². The van der Waals surface area contributed by atoms with Crippen molar-refractivity contribution in [2.75, 3.05) is 24.7 Å². The highest BCUT2D eigenvalue weighted by molar-refractivity contribution is 7.84. The summed E-state index contributed by atoms with van der Waals surface area (Å²) in [6.07, 6.45) is 0. The molecule has 4 heteroatoms. The van der Waals surface area contributed by atoms with Gasteiger partial charge in [-0.15, -0.1) is 0 Å². The van der Waals surface area contributed by atoms with Crippen molar-refractivity contribution in [2.24, 2.45) is 0 Å². The van der Waals surface area contributed by atoms with Gasteiger partial charge in [-0.05, 0) is 13.0 Å². The van der Waals surface area contributed by atoms with Gasteiger partial charge < -0.3 is 10.1 Å². The van der Waals surface area contributed by atoms with Crippen molar-refractivity contribution in [1.29, 1.82) is 0 Å². The molecule has 0 saturated carbocycles. The second-order valence-corrected chi connectivity index (χ2v) is 5.52. The molecule has 3 nitrogen and oxygen atoms in total. The van der Waals surface area contributed by atoms with Crippen LogP contribution in [-0.2, 0) is 17.3 Å². The van der Waals surface area contributed by atoms with E-state index in [9.17, 15) is 4.21 Å². The van der Waals surface area contributed by atoms with E-state index in [1.54, 1.807) is 0 Å². The zero-order valence-corrected chi connectivity index (χ0v) is 11.4. The number of rotatable bonds is 8. The lowest BCUT2D eigenvalue weighted by atomic mass is 10.2. The van der Waals surface area contributed by atoms with Crippen molar-refractivity contribution in [3.8, 4) is 5.75 Å². The van der Waals surface area contributed by atoms with E-state index in [-0.39, 0.29) is 0 Å². The summed E-state index contributed by atoms with van der Waals surface area (Å²) in [4.78, 5) is 0. The zero-order chi connectivity index (χ0) is 12.5. The standard InChI is InChI=1S/C13H21NO2S/c1-3-16-13-8-6-5-7-12(13)11-14-9-10-17(15)4-2/h5-8,14H,3-4,9-11H2,1-2H3. The van der Waals surface area contributed by atoms with Crippen LogP contribution in [-0.4, -0.2) is 28.9 Å². The van der Waals surface area contributed by atoms with E-state index in [1.165, 1.54) is 0 Å². The van der Waals surface area contributed by atoms with Crippen LogP contribution in [0.5, 0.6) is 5.75 Å². The lowest BCUT2D eigenvalue weighted by Gasteiger charge is -2.10. The van der Waals surface area contributed by atoms with Crippen LogP contribution >= 0.6 is 0 Å². The van der Waals surface area contributed by atoms with Gasteiger partial charge in [-0.3, -0.25) is 4.21 Å². The Morgan fingerprint density at radius 2 is 2.06 bits per heavy atom. The maximum absolute atomic E-state index is 11.2. The third kappa shape index (κ3) is 5.33. The van der Waals surface area contributed by atoms with Gasteiger partial charge in [-0.2, -0.15) is 0 Å². The second-order valence-electron chi connectivity index (χ2n) is 3.65. The van der Waals surface area contributed by atoms with Gasteiger partial charge in [0.2, 0.25) is 0 Å². The molecule has 0 aliphatic rings. The van der Waals surface area contributed by atoms with Crippen LogP contribution in [0.1, 0.15) is 19.4 Å². The Morgan fingerprint density at radius 3 is 2.76 bits per heavy atom. The summed E-state index contributed by atoms with van der Waals surface area (Å²) < 4.78 is 16.8. The zero-order valence-electron chi connectivity index (χ0n) is 10.6. The topological polar surface area (TPSA) is 38.3 Å². The van der Waals surface area contributed by atoms with Gasteiger partial charge in [-0.1, -0.05) is 25.1 Å². The van der Waals surface area contributed by atoms with Crippen LogP contribution in [0.25, 0.3) is 0 Å². The molecule has 0 amide bonds. The van der Waals surface area contributed by atoms with Gasteiger partial charge in [0, 0.05) is 41.0 Å². The fourth-order valence-corrected chi connectivity index (χ4v) is 2.16. The molecule has 0 fully saturated rings. The summed E-state index contributed by atoms with van der Waals surface area (Å²) >= 11 is 0. The summed E-state index contributed by atoms with van der Waals surface area (Å²) in [6, 6.07) is 8.00. The molecule has 1 unspecified atom stereocenters. The molecule has 0 spiro atoms. The van der Waals surface area contributed by atoms with E-state index in [2.05, 4.69) is 11.4 Å². The summed E-state index contributed by atoms with van der Waals surface area (Å²) in [5.41, 5.74) is 1.15. The van der Waals surface area contributed by atoms with Crippen molar-refractivity contribution < 1.29 is 8.95 Å². The van der Waals surface area contributed by atoms with Gasteiger partial charge in [0.15, 0.2) is 0 Å². The van der Waals surface area contributed by atoms with Crippen molar-refractivity contribution >= 4 is 10.8 Å². The van der Waals surface area contributed by atoms with E-state index in [0.29, 0.717) is 12.4 Å². The van der Waals surface area contributed by atoms with E-state index in [0.717, 1.165) is 30.2 Å². The fourth-order valence-electron chi connectivity index (χ4n) is 1.50. The molecule has 1 rings (SSSR count). The predicted molar refractivity (Wildman–Crippen MR) is 72.9 cm³/mol. The highest BCUT2D eigenvalue weighted by atomic mass is 32.2. The third-order valence-electron chi connectivity index (χ3n) is 2.42. The summed E-state index contributed by atoms with van der Waals surface area (Å²) in [6.45, 7) is 6.14. The number of hydrogen-bond donors (Lipinski definition) is 1. The van der Waals surface area contributed by atoms with Crippen LogP contribution in [0, 0.1) is 0 Å². The molecule has 0 aromatic heterocycles. The highest BCUT2D eigenvalue weighted by Crippen LogP contribution is 2.17. The van der Waals surface area contributed by atoms with E-state index in [1.807, 2.05) is 32.0 Å². The first-order chi connectivity index (χ1) is 8.27. The molecule has 0 heterocycles. The first-order valence-electron chi connectivity index (χ1n) is 6.04. The van der Waals surface area contributed by atoms with E-state index >= 15 is 0 Å². The molecular formula is C13H21NO2S. The molecule has 1 atom stereocenters. The minimum Gasteiger partial charge on any atom is -0.494 e. The van der Waals surface area contributed by atoms with Crippen molar-refractivity contribution in [2.45, 2.75) is 20.4 Å². The molecule has 0 aliphatic carbocycles. The number of nitrogens with one attached hydrogen (secondary N) is 1. The Morgan fingerprint density at radius 1 is 1.29 bits per heavy atom. The van der Waals surface area contributed by atoms with Gasteiger partial charge in [0.05, 0.1) is 6.61 Å². The molecule has 1 aromatic rings. The number of para-hydroxylation sites is 1. The molecule has 0 bridgehead atoms. The molecule has 0 radical (unpaired) electrons. The van der Waals surface area contributed by atoms with Gasteiger partial charge >= 0.3 is 0 Å². The highest BCUT2D eigenvalue weighted by Gasteiger charge is 2.02. The van der Waals surface area contributed by atoms with Crippen LogP contribution in [0.15, 0.2) is 24.3 Å². The summed E-state index contributed by atoms with van der Waals surface area (Å²) in [7, 11) is -0.687. The monoisotopic (exact) mass is 255 g/mol. The summed E-state index contributed by atoms with van der Waals surface area (Å²) in [5, 5.41) is 3.29. The Kier molecular flexibility index (Phi) is 6.89. The first-order valence-corrected chi connectivity index (χ1v) is 7.53. The molecule has 1 aromatic carbocycles. The average Bonchev–Trinajstić information content (AvgIpc) is 2.36. The fraction of sp³-hybridized carbons (Fsp3) is 0.538. The second kappa shape index (κ2) is 8.25. The average molecular weight is 255 g/mol. The van der Waals surface area contributed by atoms with Gasteiger partial charge in [0.25, 0.3) is 0 Å². The van der Waals surface area contributed by atoms with E-state index in [4.69, 9.17) is 4.74 Å². The minimum atomic E-state index is -0.687.